The Hall–Kier alpha value is -2.79. The summed E-state index contributed by atoms with van der Waals surface area (Å²) in [6.07, 6.45) is -35.3. The quantitative estimate of drug-likeness (QED) is 0.0712. The van der Waals surface area contributed by atoms with Crippen LogP contribution in [0.2, 0.25) is 0 Å². The Morgan fingerprint density at radius 1 is 0.194 bits per heavy atom. The Balaban J connectivity index is 6.99. The Kier molecular flexibility index (Phi) is 17.1. The molecule has 0 aliphatic heterocycles. The Morgan fingerprint density at radius 3 is 0.463 bits per heavy atom. The zero-order valence-corrected chi connectivity index (χ0v) is 29.8. The van der Waals surface area contributed by atoms with Crippen molar-refractivity contribution in [2.75, 3.05) is 19.8 Å². The molecule has 0 N–H and O–H groups in total. The molecule has 0 saturated carbocycles. The van der Waals surface area contributed by atoms with Crippen molar-refractivity contribution in [3.05, 3.63) is 0 Å². The summed E-state index contributed by atoms with van der Waals surface area (Å²) in [5.74, 6) is -124. The van der Waals surface area contributed by atoms with Crippen molar-refractivity contribution in [1.82, 2.24) is 0 Å². The Morgan fingerprint density at radius 2 is 0.328 bits per heavy atom. The van der Waals surface area contributed by atoms with E-state index in [4.69, 9.17) is 0 Å². The van der Waals surface area contributed by atoms with E-state index < -0.39 is 154 Å². The van der Waals surface area contributed by atoms with Gasteiger partial charge in [-0.1, -0.05) is 0 Å². The molecule has 0 amide bonds. The third kappa shape index (κ3) is 10.1. The van der Waals surface area contributed by atoms with Crippen LogP contribution in [0.3, 0.4) is 0 Å². The van der Waals surface area contributed by atoms with Crippen LogP contribution < -0.4 is 0 Å². The fourth-order valence-electron chi connectivity index (χ4n) is 3.87. The summed E-state index contributed by atoms with van der Waals surface area (Å²) >= 11 is 0. The molecule has 0 aliphatic carbocycles. The highest BCUT2D eigenvalue weighted by Crippen LogP contribution is 2.64. The van der Waals surface area contributed by atoms with Gasteiger partial charge in [-0.3, -0.25) is 0 Å². The molecule has 402 valence electrons. The van der Waals surface area contributed by atoms with Crippen molar-refractivity contribution in [3.63, 3.8) is 0 Å². The van der Waals surface area contributed by atoms with Crippen molar-refractivity contribution in [2.45, 2.75) is 127 Å². The first-order valence-corrected chi connectivity index (χ1v) is 15.3. The zero-order chi connectivity index (χ0) is 54.9. The molecule has 0 aromatic heterocycles. The molecule has 0 aliphatic rings. The van der Waals surface area contributed by atoms with Gasteiger partial charge >= 0.3 is 115 Å². The average molecular weight is 1100 g/mol. The first-order chi connectivity index (χ1) is 28.5. The summed E-state index contributed by atoms with van der Waals surface area (Å²) in [6, 6.07) is 0. The topological polar surface area (TPSA) is 27.7 Å². The van der Waals surface area contributed by atoms with Crippen LogP contribution in [0, 0.1) is 0 Å². The lowest BCUT2D eigenvalue weighted by Crippen LogP contribution is -2.70. The molecule has 0 saturated heterocycles. The average Bonchev–Trinajstić information content (AvgIpc) is 3.08. The fraction of sp³-hybridized carbons (Fsp3) is 1.00. The van der Waals surface area contributed by atoms with Crippen molar-refractivity contribution in [3.8, 4) is 0 Å². The molecular weight excluding hydrogens is 1090 g/mol. The Bertz CT molecular complexity index is 1460. The molecule has 0 unspecified atom stereocenters. The monoisotopic (exact) mass is 1100 g/mol. The lowest BCUT2D eigenvalue weighted by atomic mass is 9.92. The van der Waals surface area contributed by atoms with Crippen LogP contribution in [0.15, 0.2) is 0 Å². The van der Waals surface area contributed by atoms with E-state index >= 15 is 0 Å². The van der Waals surface area contributed by atoms with Gasteiger partial charge in [0.15, 0.2) is 0 Å². The molecule has 0 aromatic rings. The first-order valence-electron chi connectivity index (χ1n) is 15.3. The number of alkyl halides is 39. The second kappa shape index (κ2) is 17.8. The second-order valence-corrected chi connectivity index (χ2v) is 12.7. The third-order valence-corrected chi connectivity index (χ3v) is 8.01. The standard InChI is InChI=1S/C24H12BF39O3/c26-7(27,10(32,33)13(38,39)16(44,45)19(50,51)22(56,57)58)1-4-65-25(66-5-2-8(28,29)11(34,35)14(40,41)17(46,47)20(52,53)23(59,60)61)67-6-3-9(30,31)12(36,37)15(42,43)18(48,49)21(54,55)24(62,63)64/h1-6H2. The molecule has 0 spiro atoms. The van der Waals surface area contributed by atoms with Crippen molar-refractivity contribution < 1.29 is 185 Å². The van der Waals surface area contributed by atoms with Gasteiger partial charge in [-0.15, -0.1) is 0 Å². The van der Waals surface area contributed by atoms with Gasteiger partial charge in [-0.2, -0.15) is 171 Å². The molecule has 0 fully saturated rings. The second-order valence-electron chi connectivity index (χ2n) is 12.7. The maximum Gasteiger partial charge on any atom is 0.639 e. The molecular formula is C24H12BF39O3. The third-order valence-electron chi connectivity index (χ3n) is 8.01. The van der Waals surface area contributed by atoms with Crippen LogP contribution in [0.4, 0.5) is 171 Å². The Labute approximate surface area is 340 Å². The number of hydrogen-bond donors (Lipinski definition) is 0. The lowest BCUT2D eigenvalue weighted by Gasteiger charge is -2.40. The molecule has 0 aromatic carbocycles. The highest BCUT2D eigenvalue weighted by atomic mass is 19.5. The van der Waals surface area contributed by atoms with Crippen LogP contribution in [-0.4, -0.2) is 135 Å². The van der Waals surface area contributed by atoms with Crippen molar-refractivity contribution in [2.24, 2.45) is 0 Å². The molecule has 43 heteroatoms. The maximum atomic E-state index is 14.0. The van der Waals surface area contributed by atoms with Gasteiger partial charge in [-0.25, -0.2) is 0 Å². The van der Waals surface area contributed by atoms with E-state index in [-0.39, 0.29) is 0 Å². The van der Waals surface area contributed by atoms with E-state index in [2.05, 4.69) is 14.0 Å². The maximum absolute atomic E-state index is 14.0. The van der Waals surface area contributed by atoms with E-state index in [1.165, 1.54) is 0 Å². The summed E-state index contributed by atoms with van der Waals surface area (Å²) in [6.45, 7) is -9.42. The molecule has 3 nitrogen and oxygen atoms in total. The summed E-state index contributed by atoms with van der Waals surface area (Å²) in [5.41, 5.74) is 0. The molecule has 0 radical (unpaired) electrons. The number of rotatable bonds is 24. The van der Waals surface area contributed by atoms with E-state index in [9.17, 15) is 171 Å². The van der Waals surface area contributed by atoms with Crippen LogP contribution in [-0.2, 0) is 14.0 Å². The van der Waals surface area contributed by atoms with Crippen molar-refractivity contribution >= 4 is 7.32 Å². The zero-order valence-electron chi connectivity index (χ0n) is 29.8. The van der Waals surface area contributed by atoms with Crippen LogP contribution in [0.1, 0.15) is 19.3 Å². The normalized spacial score (nSPS) is 16.5. The van der Waals surface area contributed by atoms with Gasteiger partial charge in [-0.05, 0) is 0 Å². The highest BCUT2D eigenvalue weighted by molar-refractivity contribution is 6.36. The van der Waals surface area contributed by atoms with Crippen LogP contribution in [0.5, 0.6) is 0 Å². The van der Waals surface area contributed by atoms with Gasteiger partial charge in [0.25, 0.3) is 0 Å². The first kappa shape index (κ1) is 64.2. The summed E-state index contributed by atoms with van der Waals surface area (Å²) in [7, 11) is -4.29. The summed E-state index contributed by atoms with van der Waals surface area (Å²) in [4.78, 5) is 0. The van der Waals surface area contributed by atoms with E-state index in [1.54, 1.807) is 0 Å². The van der Waals surface area contributed by atoms with Crippen LogP contribution >= 0.6 is 0 Å². The molecule has 0 heterocycles. The minimum atomic E-state index is -8.64. The summed E-state index contributed by atoms with van der Waals surface area (Å²) < 4.78 is 528. The van der Waals surface area contributed by atoms with Crippen LogP contribution in [0.25, 0.3) is 0 Å². The van der Waals surface area contributed by atoms with Gasteiger partial charge in [0.1, 0.15) is 0 Å². The smallest absolute Gasteiger partial charge is 0.386 e. The van der Waals surface area contributed by atoms with E-state index in [0.717, 1.165) is 0 Å². The highest BCUT2D eigenvalue weighted by Gasteiger charge is 2.93. The number of hydrogen-bond acceptors (Lipinski definition) is 3. The largest absolute Gasteiger partial charge is 0.639 e. The van der Waals surface area contributed by atoms with E-state index in [0.29, 0.717) is 0 Å². The predicted molar refractivity (Wildman–Crippen MR) is 130 cm³/mol. The summed E-state index contributed by atoms with van der Waals surface area (Å²) in [5, 5.41) is 0. The predicted octanol–water partition coefficient (Wildman–Crippen LogP) is 13.4. The minimum Gasteiger partial charge on any atom is -0.386 e. The molecule has 0 bridgehead atoms. The minimum absolute atomic E-state index is 3.14. The van der Waals surface area contributed by atoms with Gasteiger partial charge in [0, 0.05) is 39.1 Å². The molecule has 0 atom stereocenters. The van der Waals surface area contributed by atoms with Gasteiger partial charge < -0.3 is 14.0 Å². The fourth-order valence-corrected chi connectivity index (χ4v) is 3.87. The van der Waals surface area contributed by atoms with Gasteiger partial charge in [0.05, 0.1) is 0 Å². The molecule has 67 heavy (non-hydrogen) atoms. The lowest BCUT2D eigenvalue weighted by molar-refractivity contribution is -0.440. The number of halogens is 39. The SMILES string of the molecule is FC(F)(F)C(F)(F)C(F)(F)C(F)(F)C(F)(F)C(F)(F)CCOB(OCCC(F)(F)C(F)(F)C(F)(F)C(F)(F)C(F)(F)C(F)(F)F)OCCC(F)(F)C(F)(F)C(F)(F)C(F)(F)C(F)(F)C(F)(F)F. The van der Waals surface area contributed by atoms with Crippen molar-refractivity contribution in [1.29, 1.82) is 0 Å². The molecule has 0 rings (SSSR count). The van der Waals surface area contributed by atoms with E-state index in [1.807, 2.05) is 0 Å². The van der Waals surface area contributed by atoms with Gasteiger partial charge in [0.2, 0.25) is 0 Å².